The topological polar surface area (TPSA) is 75.8 Å². The summed E-state index contributed by atoms with van der Waals surface area (Å²) in [4.78, 5) is 14.2. The Morgan fingerprint density at radius 1 is 1.55 bits per heavy atom. The van der Waals surface area contributed by atoms with Crippen LogP contribution in [0.2, 0.25) is 0 Å². The van der Waals surface area contributed by atoms with Gasteiger partial charge in [0.25, 0.3) is 5.91 Å². The molecule has 1 aromatic rings. The minimum absolute atomic E-state index is 0.0934. The number of anilines is 1. The Balaban J connectivity index is 2.06. The zero-order valence-corrected chi connectivity index (χ0v) is 11.8. The number of phenolic OH excluding ortho intramolecular Hbond substituents is 1. The largest absolute Gasteiger partial charge is 0.505 e. The number of ether oxygens (including phenoxy) is 1. The van der Waals surface area contributed by atoms with E-state index in [1.807, 2.05) is 0 Å². The molecule has 1 saturated heterocycles. The second-order valence-corrected chi connectivity index (χ2v) is 5.13. The van der Waals surface area contributed by atoms with Crippen molar-refractivity contribution in [2.24, 2.45) is 0 Å². The predicted octanol–water partition coefficient (Wildman–Crippen LogP) is 2.01. The summed E-state index contributed by atoms with van der Waals surface area (Å²) in [5.41, 5.74) is 6.13. The van der Waals surface area contributed by atoms with Gasteiger partial charge in [0.1, 0.15) is 0 Å². The molecule has 0 radical (unpaired) electrons. The van der Waals surface area contributed by atoms with Crippen LogP contribution in [0.15, 0.2) is 18.2 Å². The summed E-state index contributed by atoms with van der Waals surface area (Å²) in [5, 5.41) is 9.90. The van der Waals surface area contributed by atoms with E-state index >= 15 is 0 Å². The van der Waals surface area contributed by atoms with E-state index < -0.39 is 0 Å². The number of hydrogen-bond donors (Lipinski definition) is 2. The third kappa shape index (κ3) is 3.22. The van der Waals surface area contributed by atoms with Crippen molar-refractivity contribution in [2.75, 3.05) is 25.4 Å². The highest BCUT2D eigenvalue weighted by Crippen LogP contribution is 2.27. The molecular formula is C15H22N2O3. The Kier molecular flexibility index (Phi) is 4.84. The summed E-state index contributed by atoms with van der Waals surface area (Å²) >= 11 is 0. The minimum Gasteiger partial charge on any atom is -0.505 e. The van der Waals surface area contributed by atoms with E-state index in [9.17, 15) is 9.90 Å². The van der Waals surface area contributed by atoms with Crippen molar-refractivity contribution < 1.29 is 14.6 Å². The number of nitrogens with zero attached hydrogens (tertiary/aromatic N) is 1. The first kappa shape index (κ1) is 14.7. The normalized spacial score (nSPS) is 19.1. The first-order chi connectivity index (χ1) is 9.63. The second kappa shape index (κ2) is 6.61. The van der Waals surface area contributed by atoms with Crippen molar-refractivity contribution in [1.82, 2.24) is 4.90 Å². The highest BCUT2D eigenvalue weighted by Gasteiger charge is 2.26. The van der Waals surface area contributed by atoms with Crippen molar-refractivity contribution in [3.63, 3.8) is 0 Å². The molecule has 0 aliphatic carbocycles. The summed E-state index contributed by atoms with van der Waals surface area (Å²) < 4.78 is 5.72. The number of piperidine rings is 1. The summed E-state index contributed by atoms with van der Waals surface area (Å²) in [6.45, 7) is 4.05. The fourth-order valence-corrected chi connectivity index (χ4v) is 2.45. The van der Waals surface area contributed by atoms with E-state index in [4.69, 9.17) is 10.5 Å². The SMILES string of the molecule is CCCOC1CCCN(C(=O)c2cccc(N)c2O)C1. The molecule has 1 unspecified atom stereocenters. The van der Waals surface area contributed by atoms with Crippen molar-refractivity contribution in [3.05, 3.63) is 23.8 Å². The quantitative estimate of drug-likeness (QED) is 0.652. The summed E-state index contributed by atoms with van der Waals surface area (Å²) in [6, 6.07) is 4.86. The molecule has 110 valence electrons. The molecule has 2 rings (SSSR count). The lowest BCUT2D eigenvalue weighted by Crippen LogP contribution is -2.43. The second-order valence-electron chi connectivity index (χ2n) is 5.13. The third-order valence-electron chi connectivity index (χ3n) is 3.52. The molecule has 0 saturated carbocycles. The van der Waals surface area contributed by atoms with Crippen LogP contribution in [0.4, 0.5) is 5.69 Å². The lowest BCUT2D eigenvalue weighted by molar-refractivity contribution is 0.00202. The van der Waals surface area contributed by atoms with Gasteiger partial charge in [-0.3, -0.25) is 4.79 Å². The average Bonchev–Trinajstić information content (AvgIpc) is 2.47. The van der Waals surface area contributed by atoms with Gasteiger partial charge in [0.15, 0.2) is 5.75 Å². The number of nitrogens with two attached hydrogens (primary N) is 1. The standard InChI is InChI=1S/C15H22N2O3/c1-2-9-20-11-5-4-8-17(10-11)15(19)12-6-3-7-13(16)14(12)18/h3,6-7,11,18H,2,4-5,8-10,16H2,1H3. The number of para-hydroxylation sites is 1. The van der Waals surface area contributed by atoms with E-state index in [0.717, 1.165) is 25.9 Å². The molecule has 1 fully saturated rings. The fourth-order valence-electron chi connectivity index (χ4n) is 2.45. The number of carbonyl (C=O) groups excluding carboxylic acids is 1. The van der Waals surface area contributed by atoms with Gasteiger partial charge in [-0.2, -0.15) is 0 Å². The van der Waals surface area contributed by atoms with E-state index in [1.165, 1.54) is 0 Å². The van der Waals surface area contributed by atoms with Crippen LogP contribution in [0.1, 0.15) is 36.5 Å². The highest BCUT2D eigenvalue weighted by molar-refractivity contribution is 5.98. The van der Waals surface area contributed by atoms with E-state index in [2.05, 4.69) is 6.92 Å². The van der Waals surface area contributed by atoms with Crippen molar-refractivity contribution in [1.29, 1.82) is 0 Å². The van der Waals surface area contributed by atoms with E-state index in [1.54, 1.807) is 23.1 Å². The van der Waals surface area contributed by atoms with Gasteiger partial charge >= 0.3 is 0 Å². The molecule has 1 aliphatic heterocycles. The predicted molar refractivity (Wildman–Crippen MR) is 77.7 cm³/mol. The molecular weight excluding hydrogens is 256 g/mol. The zero-order chi connectivity index (χ0) is 14.5. The van der Waals surface area contributed by atoms with Crippen LogP contribution in [-0.4, -0.2) is 41.7 Å². The van der Waals surface area contributed by atoms with Gasteiger partial charge in [0.2, 0.25) is 0 Å². The molecule has 1 heterocycles. The van der Waals surface area contributed by atoms with Crippen LogP contribution in [0.5, 0.6) is 5.75 Å². The van der Waals surface area contributed by atoms with Crippen molar-refractivity contribution in [3.8, 4) is 5.75 Å². The maximum absolute atomic E-state index is 12.4. The van der Waals surface area contributed by atoms with Gasteiger partial charge in [-0.1, -0.05) is 13.0 Å². The van der Waals surface area contributed by atoms with Crippen LogP contribution in [0, 0.1) is 0 Å². The molecule has 5 nitrogen and oxygen atoms in total. The molecule has 1 atom stereocenters. The fraction of sp³-hybridized carbons (Fsp3) is 0.533. The maximum atomic E-state index is 12.4. The average molecular weight is 278 g/mol. The third-order valence-corrected chi connectivity index (χ3v) is 3.52. The number of rotatable bonds is 4. The lowest BCUT2D eigenvalue weighted by Gasteiger charge is -2.32. The molecule has 0 aromatic heterocycles. The first-order valence-electron chi connectivity index (χ1n) is 7.11. The van der Waals surface area contributed by atoms with Gasteiger partial charge in [0, 0.05) is 19.7 Å². The Morgan fingerprint density at radius 2 is 2.35 bits per heavy atom. The molecule has 20 heavy (non-hydrogen) atoms. The van der Waals surface area contributed by atoms with Crippen LogP contribution < -0.4 is 5.73 Å². The van der Waals surface area contributed by atoms with Crippen LogP contribution in [0.25, 0.3) is 0 Å². The summed E-state index contributed by atoms with van der Waals surface area (Å²) in [7, 11) is 0. The molecule has 1 aliphatic rings. The van der Waals surface area contributed by atoms with Gasteiger partial charge in [-0.05, 0) is 31.4 Å². The van der Waals surface area contributed by atoms with Crippen LogP contribution in [0.3, 0.4) is 0 Å². The van der Waals surface area contributed by atoms with Crippen molar-refractivity contribution >= 4 is 11.6 Å². The smallest absolute Gasteiger partial charge is 0.257 e. The molecule has 1 aromatic carbocycles. The van der Waals surface area contributed by atoms with Crippen LogP contribution in [-0.2, 0) is 4.74 Å². The number of amides is 1. The number of phenols is 1. The number of benzene rings is 1. The molecule has 0 bridgehead atoms. The van der Waals surface area contributed by atoms with Crippen molar-refractivity contribution in [2.45, 2.75) is 32.3 Å². The highest BCUT2D eigenvalue weighted by atomic mass is 16.5. The maximum Gasteiger partial charge on any atom is 0.257 e. The zero-order valence-electron chi connectivity index (χ0n) is 11.8. The molecule has 0 spiro atoms. The summed E-state index contributed by atoms with van der Waals surface area (Å²) in [5.74, 6) is -0.311. The van der Waals surface area contributed by atoms with Gasteiger partial charge in [-0.25, -0.2) is 0 Å². The lowest BCUT2D eigenvalue weighted by atomic mass is 10.1. The van der Waals surface area contributed by atoms with Gasteiger partial charge in [-0.15, -0.1) is 0 Å². The Bertz CT molecular complexity index is 476. The monoisotopic (exact) mass is 278 g/mol. The number of hydrogen-bond acceptors (Lipinski definition) is 4. The molecule has 3 N–H and O–H groups in total. The minimum atomic E-state index is -0.181. The van der Waals surface area contributed by atoms with E-state index in [-0.39, 0.29) is 29.0 Å². The van der Waals surface area contributed by atoms with E-state index in [0.29, 0.717) is 13.1 Å². The van der Waals surface area contributed by atoms with Gasteiger partial charge < -0.3 is 20.5 Å². The summed E-state index contributed by atoms with van der Waals surface area (Å²) in [6.07, 6.45) is 2.96. The van der Waals surface area contributed by atoms with Crippen LogP contribution >= 0.6 is 0 Å². The first-order valence-corrected chi connectivity index (χ1v) is 7.11. The Hall–Kier alpha value is -1.75. The Morgan fingerprint density at radius 3 is 3.10 bits per heavy atom. The number of carbonyl (C=O) groups is 1. The number of nitrogen functional groups attached to an aromatic ring is 1. The molecule has 5 heteroatoms. The number of likely N-dealkylation sites (tertiary alicyclic amines) is 1. The molecule has 1 amide bonds. The Labute approximate surface area is 119 Å². The number of aromatic hydroxyl groups is 1. The van der Waals surface area contributed by atoms with Gasteiger partial charge in [0.05, 0.1) is 17.4 Å².